The predicted molar refractivity (Wildman–Crippen MR) is 108 cm³/mol. The Bertz CT molecular complexity index is 812. The van der Waals surface area contributed by atoms with Crippen molar-refractivity contribution in [3.8, 4) is 28.7 Å². The van der Waals surface area contributed by atoms with Crippen LogP contribution >= 0.6 is 7.82 Å². The Morgan fingerprint density at radius 1 is 0.867 bits per heavy atom. The molecule has 2 aromatic carbocycles. The molecule has 0 bridgehead atoms. The number of phosphoric acid groups is 1. The standard InChI is InChI=1S/C19H24O5.Na.H3O4P.H/c1-5-24-16-9-8-13(10-15(16)20)6-7-14-11-17(21-2)19(23-4)18(12-14)22-3;;1-5(2,3)4;/h8-12,20H,5-7H2,1-4H3;;(H3,1,2,3,4);/q;+1;;-1. The summed E-state index contributed by atoms with van der Waals surface area (Å²) in [6, 6.07) is 9.38. The SMILES string of the molecule is CCOc1ccc(CCc2cc(OC)c(OC)c(OC)c2)cc1O.O=P(O)(O)O.[H-].[Na+]. The average Bonchev–Trinajstić information content (AvgIpc) is 2.66. The second-order valence-electron chi connectivity index (χ2n) is 5.78. The van der Waals surface area contributed by atoms with E-state index < -0.39 is 7.82 Å². The fourth-order valence-electron chi connectivity index (χ4n) is 2.56. The smallest absolute Gasteiger partial charge is 1.00 e. The number of methoxy groups -OCH3 is 3. The first-order valence-electron chi connectivity index (χ1n) is 8.64. The van der Waals surface area contributed by atoms with Crippen molar-refractivity contribution in [3.05, 3.63) is 41.5 Å². The molecule has 30 heavy (non-hydrogen) atoms. The van der Waals surface area contributed by atoms with Gasteiger partial charge >= 0.3 is 37.4 Å². The van der Waals surface area contributed by atoms with Crippen LogP contribution in [0.2, 0.25) is 0 Å². The molecule has 0 unspecified atom stereocenters. The Kier molecular flexibility index (Phi) is 13.1. The van der Waals surface area contributed by atoms with Gasteiger partial charge in [0.15, 0.2) is 23.0 Å². The minimum atomic E-state index is -4.64. The number of benzene rings is 2. The second kappa shape index (κ2) is 13.8. The van der Waals surface area contributed by atoms with Crippen molar-refractivity contribution in [1.29, 1.82) is 0 Å². The van der Waals surface area contributed by atoms with Crippen LogP contribution in [-0.4, -0.2) is 47.7 Å². The molecule has 0 fully saturated rings. The van der Waals surface area contributed by atoms with Crippen molar-refractivity contribution in [3.63, 3.8) is 0 Å². The molecule has 0 aliphatic rings. The largest absolute Gasteiger partial charge is 1.00 e. The van der Waals surface area contributed by atoms with Crippen LogP contribution in [-0.2, 0) is 17.4 Å². The number of aromatic hydroxyl groups is 1. The Labute approximate surface area is 199 Å². The van der Waals surface area contributed by atoms with Crippen LogP contribution in [0.25, 0.3) is 0 Å². The van der Waals surface area contributed by atoms with E-state index >= 15 is 0 Å². The molecular weight excluding hydrogens is 426 g/mol. The van der Waals surface area contributed by atoms with Crippen molar-refractivity contribution in [2.75, 3.05) is 27.9 Å². The topological polar surface area (TPSA) is 135 Å². The van der Waals surface area contributed by atoms with Crippen molar-refractivity contribution >= 4 is 7.82 Å². The zero-order valence-electron chi connectivity index (χ0n) is 18.8. The molecule has 0 heterocycles. The Morgan fingerprint density at radius 3 is 1.77 bits per heavy atom. The van der Waals surface area contributed by atoms with Gasteiger partial charge in [0, 0.05) is 0 Å². The number of phenolic OH excluding ortho intramolecular Hbond substituents is 1. The zero-order chi connectivity index (χ0) is 22.0. The van der Waals surface area contributed by atoms with E-state index in [-0.39, 0.29) is 36.7 Å². The van der Waals surface area contributed by atoms with Gasteiger partial charge in [-0.25, -0.2) is 4.57 Å². The van der Waals surface area contributed by atoms with E-state index in [0.29, 0.717) is 29.6 Å². The molecule has 0 amide bonds. The molecule has 0 radical (unpaired) electrons. The van der Waals surface area contributed by atoms with Crippen LogP contribution in [0.3, 0.4) is 0 Å². The third kappa shape index (κ3) is 10.0. The van der Waals surface area contributed by atoms with E-state index in [2.05, 4.69) is 0 Å². The first-order chi connectivity index (χ1) is 13.6. The van der Waals surface area contributed by atoms with Crippen LogP contribution in [0.4, 0.5) is 0 Å². The van der Waals surface area contributed by atoms with Crippen LogP contribution < -0.4 is 48.5 Å². The number of hydrogen-bond donors (Lipinski definition) is 4. The summed E-state index contributed by atoms with van der Waals surface area (Å²) in [7, 11) is 0.153. The van der Waals surface area contributed by atoms with Crippen LogP contribution in [0.15, 0.2) is 30.3 Å². The van der Waals surface area contributed by atoms with Crippen LogP contribution in [0.5, 0.6) is 28.7 Å². The van der Waals surface area contributed by atoms with Crippen LogP contribution in [0.1, 0.15) is 19.5 Å². The molecule has 164 valence electrons. The van der Waals surface area contributed by atoms with Gasteiger partial charge in [-0.2, -0.15) is 0 Å². The molecule has 0 saturated heterocycles. The van der Waals surface area contributed by atoms with Gasteiger partial charge in [-0.3, -0.25) is 0 Å². The number of phenols is 1. The van der Waals surface area contributed by atoms with E-state index in [9.17, 15) is 5.11 Å². The summed E-state index contributed by atoms with van der Waals surface area (Å²) in [5.74, 6) is 2.54. The first-order valence-corrected chi connectivity index (χ1v) is 10.2. The predicted octanol–water partition coefficient (Wildman–Crippen LogP) is -0.210. The number of ether oxygens (including phenoxy) is 4. The first kappa shape index (κ1) is 28.5. The van der Waals surface area contributed by atoms with Gasteiger partial charge in [0.2, 0.25) is 5.75 Å². The van der Waals surface area contributed by atoms with E-state index in [0.717, 1.165) is 24.0 Å². The number of aryl methyl sites for hydroxylation is 2. The minimum absolute atomic E-state index is 0. The molecule has 11 heteroatoms. The molecule has 9 nitrogen and oxygen atoms in total. The van der Waals surface area contributed by atoms with Crippen LogP contribution in [0, 0.1) is 0 Å². The van der Waals surface area contributed by atoms with Crippen molar-refractivity contribution in [2.45, 2.75) is 19.8 Å². The quantitative estimate of drug-likeness (QED) is 0.316. The molecule has 2 aromatic rings. The Balaban J connectivity index is 0. The summed E-state index contributed by atoms with van der Waals surface area (Å²) in [6.07, 6.45) is 1.56. The maximum atomic E-state index is 9.97. The van der Waals surface area contributed by atoms with E-state index in [1.165, 1.54) is 0 Å². The normalized spacial score (nSPS) is 10.2. The molecule has 0 saturated carbocycles. The molecule has 0 aromatic heterocycles. The summed E-state index contributed by atoms with van der Waals surface area (Å²) in [4.78, 5) is 21.6. The molecule has 0 spiro atoms. The minimum Gasteiger partial charge on any atom is -1.00 e. The van der Waals surface area contributed by atoms with Gasteiger partial charge in [0.05, 0.1) is 27.9 Å². The zero-order valence-corrected chi connectivity index (χ0v) is 20.7. The van der Waals surface area contributed by atoms with E-state index in [1.54, 1.807) is 33.5 Å². The van der Waals surface area contributed by atoms with Gasteiger partial charge in [-0.1, -0.05) is 6.07 Å². The molecule has 0 aliphatic heterocycles. The van der Waals surface area contributed by atoms with Gasteiger partial charge in [-0.05, 0) is 55.2 Å². The molecular formula is C19H28NaO9P. The van der Waals surface area contributed by atoms with Gasteiger partial charge in [-0.15, -0.1) is 0 Å². The molecule has 0 atom stereocenters. The van der Waals surface area contributed by atoms with Crippen molar-refractivity contribution < 1.29 is 74.3 Å². The third-order valence-corrected chi connectivity index (χ3v) is 3.75. The summed E-state index contributed by atoms with van der Waals surface area (Å²) < 4.78 is 30.3. The van der Waals surface area contributed by atoms with Gasteiger partial charge in [0.25, 0.3) is 0 Å². The van der Waals surface area contributed by atoms with Crippen molar-refractivity contribution in [2.24, 2.45) is 0 Å². The third-order valence-electron chi connectivity index (χ3n) is 3.75. The van der Waals surface area contributed by atoms with Crippen molar-refractivity contribution in [1.82, 2.24) is 0 Å². The summed E-state index contributed by atoms with van der Waals surface area (Å²) >= 11 is 0. The molecule has 4 N–H and O–H groups in total. The summed E-state index contributed by atoms with van der Waals surface area (Å²) in [5.41, 5.74) is 2.10. The monoisotopic (exact) mass is 454 g/mol. The maximum absolute atomic E-state index is 9.97. The summed E-state index contributed by atoms with van der Waals surface area (Å²) in [6.45, 7) is 2.41. The second-order valence-corrected chi connectivity index (χ2v) is 6.81. The molecule has 0 aliphatic carbocycles. The average molecular weight is 454 g/mol. The Hall–Kier alpha value is -1.45. The van der Waals surface area contributed by atoms with Gasteiger partial charge in [0.1, 0.15) is 0 Å². The fourth-order valence-corrected chi connectivity index (χ4v) is 2.56. The number of hydrogen-bond acceptors (Lipinski definition) is 6. The fraction of sp³-hybridized carbons (Fsp3) is 0.368. The Morgan fingerprint density at radius 2 is 1.37 bits per heavy atom. The maximum Gasteiger partial charge on any atom is 1.00 e. The van der Waals surface area contributed by atoms with E-state index in [4.69, 9.17) is 38.2 Å². The number of rotatable bonds is 8. The van der Waals surface area contributed by atoms with Gasteiger partial charge < -0.3 is 40.2 Å². The summed E-state index contributed by atoms with van der Waals surface area (Å²) in [5, 5.41) is 9.97. The van der Waals surface area contributed by atoms with E-state index in [1.807, 2.05) is 25.1 Å². The molecule has 2 rings (SSSR count).